The summed E-state index contributed by atoms with van der Waals surface area (Å²) in [6, 6.07) is 24.9. The van der Waals surface area contributed by atoms with Crippen LogP contribution in [0.1, 0.15) is 24.0 Å². The summed E-state index contributed by atoms with van der Waals surface area (Å²) in [5, 5.41) is 6.47. The second kappa shape index (κ2) is 11.7. The fourth-order valence-electron chi connectivity index (χ4n) is 4.64. The van der Waals surface area contributed by atoms with Crippen LogP contribution in [0.5, 0.6) is 5.75 Å². The van der Waals surface area contributed by atoms with Gasteiger partial charge in [-0.3, -0.25) is 5.32 Å². The molecule has 1 fully saturated rings. The van der Waals surface area contributed by atoms with Gasteiger partial charge in [0.2, 0.25) is 14.7 Å². The number of piperidine rings is 1. The predicted molar refractivity (Wildman–Crippen MR) is 138 cm³/mol. The number of esters is 1. The van der Waals surface area contributed by atoms with E-state index in [0.717, 1.165) is 11.1 Å². The molecule has 2 N–H and O–H groups in total. The second-order valence-electron chi connectivity index (χ2n) is 8.84. The molecule has 1 saturated heterocycles. The lowest BCUT2D eigenvalue weighted by atomic mass is 9.89. The summed E-state index contributed by atoms with van der Waals surface area (Å²) in [6.45, 7) is 1.41. The van der Waals surface area contributed by atoms with Gasteiger partial charge in [0.05, 0.1) is 12.0 Å². The number of rotatable bonds is 10. The highest BCUT2D eigenvalue weighted by molar-refractivity contribution is 7.93. The number of ether oxygens (including phenoxy) is 2. The molecule has 4 rings (SSSR count). The zero-order chi connectivity index (χ0) is 25.4. The first-order valence-corrected chi connectivity index (χ1v) is 13.5. The van der Waals surface area contributed by atoms with E-state index in [2.05, 4.69) is 10.6 Å². The smallest absolute Gasteiger partial charge is 0.343 e. The molecule has 7 nitrogen and oxygen atoms in total. The first kappa shape index (κ1) is 25.9. The Morgan fingerprint density at radius 1 is 0.917 bits per heavy atom. The van der Waals surface area contributed by atoms with Gasteiger partial charge in [0, 0.05) is 12.5 Å². The molecule has 0 saturated carbocycles. The Balaban J connectivity index is 1.78. The molecule has 1 aliphatic rings. The van der Waals surface area contributed by atoms with Crippen molar-refractivity contribution in [2.24, 2.45) is 5.92 Å². The Hall–Kier alpha value is -3.20. The number of nitrogens with one attached hydrogen (secondary N) is 2. The van der Waals surface area contributed by atoms with Crippen LogP contribution < -0.4 is 15.4 Å². The number of hydrogen-bond acceptors (Lipinski definition) is 7. The Labute approximate surface area is 212 Å². The third-order valence-electron chi connectivity index (χ3n) is 6.62. The fourth-order valence-corrected chi connectivity index (χ4v) is 6.72. The molecule has 36 heavy (non-hydrogen) atoms. The average Bonchev–Trinajstić information content (AvgIpc) is 2.94. The monoisotopic (exact) mass is 508 g/mol. The highest BCUT2D eigenvalue weighted by Gasteiger charge is 2.58. The maximum absolute atomic E-state index is 14.4. The number of methoxy groups -OCH3 is 1. The summed E-state index contributed by atoms with van der Waals surface area (Å²) in [7, 11) is -2.71. The molecule has 0 bridgehead atoms. The van der Waals surface area contributed by atoms with Gasteiger partial charge in [-0.15, -0.1) is 0 Å². The minimum atomic E-state index is -4.23. The van der Waals surface area contributed by atoms with Crippen molar-refractivity contribution < 1.29 is 22.7 Å². The van der Waals surface area contributed by atoms with Crippen LogP contribution in [-0.2, 0) is 32.5 Å². The summed E-state index contributed by atoms with van der Waals surface area (Å²) >= 11 is 0. The highest BCUT2D eigenvalue weighted by Crippen LogP contribution is 2.38. The highest BCUT2D eigenvalue weighted by atomic mass is 32.2. The van der Waals surface area contributed by atoms with Gasteiger partial charge in [-0.05, 0) is 61.3 Å². The molecule has 8 heteroatoms. The summed E-state index contributed by atoms with van der Waals surface area (Å²) in [5.41, 5.74) is 1.66. The molecule has 3 aromatic rings. The lowest BCUT2D eigenvalue weighted by molar-refractivity contribution is -0.151. The molecule has 0 spiro atoms. The molecule has 0 aromatic heterocycles. The predicted octanol–water partition coefficient (Wildman–Crippen LogP) is 3.70. The van der Waals surface area contributed by atoms with Crippen molar-refractivity contribution in [2.45, 2.75) is 35.8 Å². The van der Waals surface area contributed by atoms with Crippen LogP contribution >= 0.6 is 0 Å². The molecule has 0 unspecified atom stereocenters. The van der Waals surface area contributed by atoms with Crippen LogP contribution in [0.2, 0.25) is 0 Å². The van der Waals surface area contributed by atoms with Crippen molar-refractivity contribution in [1.82, 2.24) is 10.6 Å². The minimum absolute atomic E-state index is 0.0163. The molecule has 0 aliphatic carbocycles. The van der Waals surface area contributed by atoms with Crippen molar-refractivity contribution >= 4 is 15.8 Å². The Morgan fingerprint density at radius 3 is 2.08 bits per heavy atom. The van der Waals surface area contributed by atoms with Crippen molar-refractivity contribution in [3.05, 3.63) is 96.1 Å². The molecule has 0 amide bonds. The van der Waals surface area contributed by atoms with Gasteiger partial charge in [-0.2, -0.15) is 0 Å². The first-order chi connectivity index (χ1) is 17.5. The number of hydrogen-bond donors (Lipinski definition) is 2. The first-order valence-electron chi connectivity index (χ1n) is 12.1. The molecule has 0 radical (unpaired) electrons. The SMILES string of the molecule is COc1ccc(S(=O)(=O)[C@@](NCc2ccccc2)(C(=O)OCc2ccccc2)C2CCNCC2)cc1. The standard InChI is InChI=1S/C28H32N2O5S/c1-34-25-12-14-26(15-13-25)36(32,33)28(24-16-18-29-19-17-24,30-20-22-8-4-2-5-9-22)27(31)35-21-23-10-6-3-7-11-23/h2-15,24,29-30H,16-21H2,1H3/t28-/m1/s1. The van der Waals surface area contributed by atoms with Crippen LogP contribution in [0.3, 0.4) is 0 Å². The molecule has 1 heterocycles. The van der Waals surface area contributed by atoms with E-state index < -0.39 is 26.6 Å². The topological polar surface area (TPSA) is 93.7 Å². The van der Waals surface area contributed by atoms with Crippen molar-refractivity contribution in [1.29, 1.82) is 0 Å². The van der Waals surface area contributed by atoms with Gasteiger partial charge >= 0.3 is 5.97 Å². The number of benzene rings is 3. The van der Waals surface area contributed by atoms with Gasteiger partial charge in [-0.25, -0.2) is 13.2 Å². The van der Waals surface area contributed by atoms with E-state index >= 15 is 0 Å². The van der Waals surface area contributed by atoms with Crippen LogP contribution in [-0.4, -0.2) is 39.5 Å². The van der Waals surface area contributed by atoms with Gasteiger partial charge in [0.15, 0.2) is 0 Å². The minimum Gasteiger partial charge on any atom is -0.497 e. The Bertz CT molecular complexity index is 1230. The molecular weight excluding hydrogens is 476 g/mol. The average molecular weight is 509 g/mol. The van der Waals surface area contributed by atoms with Crippen LogP contribution in [0, 0.1) is 5.92 Å². The van der Waals surface area contributed by atoms with Crippen molar-refractivity contribution in [2.75, 3.05) is 20.2 Å². The van der Waals surface area contributed by atoms with E-state index in [1.54, 1.807) is 12.1 Å². The fraction of sp³-hybridized carbons (Fsp3) is 0.321. The summed E-state index contributed by atoms with van der Waals surface area (Å²) < 4.78 is 39.8. The Kier molecular flexibility index (Phi) is 8.40. The van der Waals surface area contributed by atoms with Gasteiger partial charge in [0.25, 0.3) is 0 Å². The zero-order valence-corrected chi connectivity index (χ0v) is 21.2. The van der Waals surface area contributed by atoms with E-state index in [9.17, 15) is 13.2 Å². The lowest BCUT2D eigenvalue weighted by Crippen LogP contribution is -2.64. The maximum Gasteiger partial charge on any atom is 0.343 e. The van der Waals surface area contributed by atoms with Gasteiger partial charge < -0.3 is 14.8 Å². The zero-order valence-electron chi connectivity index (χ0n) is 20.4. The third-order valence-corrected chi connectivity index (χ3v) is 9.01. The van der Waals surface area contributed by atoms with Crippen molar-refractivity contribution in [3.63, 3.8) is 0 Å². The van der Waals surface area contributed by atoms with Crippen LogP contribution in [0.4, 0.5) is 0 Å². The van der Waals surface area contributed by atoms with Crippen LogP contribution in [0.25, 0.3) is 0 Å². The Morgan fingerprint density at radius 2 is 1.50 bits per heavy atom. The van der Waals surface area contributed by atoms with E-state index in [-0.39, 0.29) is 18.0 Å². The molecular formula is C28H32N2O5S. The summed E-state index contributed by atoms with van der Waals surface area (Å²) in [4.78, 5) is 12.1. The number of carbonyl (C=O) groups excluding carboxylic acids is 1. The molecule has 1 atom stereocenters. The van der Waals surface area contributed by atoms with Gasteiger partial charge in [0.1, 0.15) is 12.4 Å². The quantitative estimate of drug-likeness (QED) is 0.404. The van der Waals surface area contributed by atoms with Crippen molar-refractivity contribution in [3.8, 4) is 5.75 Å². The number of carbonyl (C=O) groups is 1. The lowest BCUT2D eigenvalue weighted by Gasteiger charge is -2.40. The van der Waals surface area contributed by atoms with Crippen LogP contribution in [0.15, 0.2) is 89.8 Å². The van der Waals surface area contributed by atoms with Gasteiger partial charge in [-0.1, -0.05) is 60.7 Å². The largest absolute Gasteiger partial charge is 0.497 e. The second-order valence-corrected chi connectivity index (χ2v) is 11.0. The molecule has 1 aliphatic heterocycles. The molecule has 190 valence electrons. The summed E-state index contributed by atoms with van der Waals surface area (Å²) in [6.07, 6.45) is 1.02. The van der Waals surface area contributed by atoms with E-state index in [4.69, 9.17) is 9.47 Å². The molecule has 3 aromatic carbocycles. The number of sulfone groups is 1. The maximum atomic E-state index is 14.4. The normalized spacial score (nSPS) is 16.1. The van der Waals surface area contributed by atoms with E-state index in [0.29, 0.717) is 31.7 Å². The van der Waals surface area contributed by atoms with E-state index in [1.165, 1.54) is 19.2 Å². The third kappa shape index (κ3) is 5.46. The summed E-state index contributed by atoms with van der Waals surface area (Å²) in [5.74, 6) is -0.742. The van der Waals surface area contributed by atoms with E-state index in [1.807, 2.05) is 60.7 Å².